The minimum atomic E-state index is -0.466. The van der Waals surface area contributed by atoms with E-state index in [9.17, 15) is 14.9 Å². The third kappa shape index (κ3) is 3.49. The number of nitro benzene ring substituents is 1. The Hall–Kier alpha value is -3.02. The van der Waals surface area contributed by atoms with Crippen molar-refractivity contribution in [2.45, 2.75) is 0 Å². The molecule has 0 spiro atoms. The normalized spacial score (nSPS) is 10.4. The minimum Gasteiger partial charge on any atom is -0.362 e. The van der Waals surface area contributed by atoms with E-state index in [0.29, 0.717) is 11.3 Å². The van der Waals surface area contributed by atoms with Crippen LogP contribution in [-0.2, 0) is 0 Å². The van der Waals surface area contributed by atoms with Crippen molar-refractivity contribution >= 4 is 17.2 Å². The van der Waals surface area contributed by atoms with Crippen molar-refractivity contribution in [3.8, 4) is 0 Å². The lowest BCUT2D eigenvalue weighted by atomic mass is 10.2. The van der Waals surface area contributed by atoms with Gasteiger partial charge in [-0.15, -0.1) is 0 Å². The number of nitrogens with zero attached hydrogens (tertiary/aromatic N) is 2. The van der Waals surface area contributed by atoms with E-state index in [0.717, 1.165) is 0 Å². The first-order valence-electron chi connectivity index (χ1n) is 5.79. The number of nitro groups is 1. The Morgan fingerprint density at radius 1 is 1.15 bits per heavy atom. The van der Waals surface area contributed by atoms with Gasteiger partial charge >= 0.3 is 0 Å². The third-order valence-corrected chi connectivity index (χ3v) is 2.53. The lowest BCUT2D eigenvalue weighted by Gasteiger charge is -1.99. The van der Waals surface area contributed by atoms with Gasteiger partial charge in [0.2, 0.25) is 0 Å². The largest absolute Gasteiger partial charge is 0.362 e. The van der Waals surface area contributed by atoms with Crippen molar-refractivity contribution < 1.29 is 9.72 Å². The zero-order valence-corrected chi connectivity index (χ0v) is 10.4. The fourth-order valence-electron chi connectivity index (χ4n) is 1.51. The molecule has 2 aromatic rings. The van der Waals surface area contributed by atoms with Crippen molar-refractivity contribution in [3.05, 3.63) is 76.7 Å². The van der Waals surface area contributed by atoms with Gasteiger partial charge in [-0.1, -0.05) is 0 Å². The van der Waals surface area contributed by atoms with E-state index in [1.807, 2.05) is 0 Å². The Balaban J connectivity index is 1.96. The van der Waals surface area contributed by atoms with E-state index in [1.54, 1.807) is 36.7 Å². The van der Waals surface area contributed by atoms with Crippen molar-refractivity contribution in [2.24, 2.45) is 0 Å². The topological polar surface area (TPSA) is 85.1 Å². The smallest absolute Gasteiger partial charge is 0.269 e. The fourth-order valence-corrected chi connectivity index (χ4v) is 1.51. The molecule has 0 saturated carbocycles. The summed E-state index contributed by atoms with van der Waals surface area (Å²) in [5, 5.41) is 13.4. The van der Waals surface area contributed by atoms with Crippen LogP contribution in [0.4, 0.5) is 11.4 Å². The average Bonchev–Trinajstić information content (AvgIpc) is 2.48. The van der Waals surface area contributed by atoms with Crippen LogP contribution in [-0.4, -0.2) is 15.7 Å². The second kappa shape index (κ2) is 6.24. The molecular formula is C14H11N3O3. The molecule has 0 saturated heterocycles. The maximum Gasteiger partial charge on any atom is 0.269 e. The summed E-state index contributed by atoms with van der Waals surface area (Å²) >= 11 is 0. The molecule has 0 fully saturated rings. The first-order chi connectivity index (χ1) is 9.66. The second-order valence-corrected chi connectivity index (χ2v) is 3.88. The molecule has 6 heteroatoms. The van der Waals surface area contributed by atoms with Gasteiger partial charge in [-0.05, 0) is 24.3 Å². The van der Waals surface area contributed by atoms with Gasteiger partial charge in [0.25, 0.3) is 5.69 Å². The molecule has 1 N–H and O–H groups in total. The molecule has 6 nitrogen and oxygen atoms in total. The van der Waals surface area contributed by atoms with E-state index in [2.05, 4.69) is 10.3 Å². The monoisotopic (exact) mass is 269 g/mol. The SMILES string of the molecule is O=C(/C=C\Nc1ccc([N+](=O)[O-])cc1)c1ccncc1. The summed E-state index contributed by atoms with van der Waals surface area (Å²) in [5.74, 6) is -0.151. The van der Waals surface area contributed by atoms with E-state index in [-0.39, 0.29) is 11.5 Å². The number of ketones is 1. The highest BCUT2D eigenvalue weighted by Crippen LogP contribution is 2.15. The van der Waals surface area contributed by atoms with Crippen LogP contribution in [0.15, 0.2) is 61.1 Å². The first-order valence-corrected chi connectivity index (χ1v) is 5.79. The predicted molar refractivity (Wildman–Crippen MR) is 74.4 cm³/mol. The molecule has 100 valence electrons. The van der Waals surface area contributed by atoms with Crippen LogP contribution in [0.3, 0.4) is 0 Å². The highest BCUT2D eigenvalue weighted by Gasteiger charge is 2.03. The zero-order chi connectivity index (χ0) is 14.4. The van der Waals surface area contributed by atoms with Crippen LogP contribution in [0.25, 0.3) is 0 Å². The lowest BCUT2D eigenvalue weighted by molar-refractivity contribution is -0.384. The van der Waals surface area contributed by atoms with E-state index in [1.165, 1.54) is 24.4 Å². The number of carbonyl (C=O) groups is 1. The van der Waals surface area contributed by atoms with Crippen LogP contribution >= 0.6 is 0 Å². The van der Waals surface area contributed by atoms with Gasteiger partial charge in [0.15, 0.2) is 5.78 Å². The quantitative estimate of drug-likeness (QED) is 0.390. The first kappa shape index (κ1) is 13.4. The van der Waals surface area contributed by atoms with Crippen LogP contribution in [0.2, 0.25) is 0 Å². The average molecular weight is 269 g/mol. The molecule has 0 aliphatic rings. The Bertz CT molecular complexity index is 636. The molecule has 0 aliphatic carbocycles. The molecule has 0 unspecified atom stereocenters. The Labute approximate surface area is 114 Å². The van der Waals surface area contributed by atoms with Crippen molar-refractivity contribution in [1.82, 2.24) is 4.98 Å². The molecule has 1 aromatic heterocycles. The molecule has 0 amide bonds. The van der Waals surface area contributed by atoms with Crippen LogP contribution in [0, 0.1) is 10.1 Å². The molecule has 1 heterocycles. The summed E-state index contributed by atoms with van der Waals surface area (Å²) in [5.41, 5.74) is 1.23. The highest BCUT2D eigenvalue weighted by molar-refractivity contribution is 6.04. The number of nitrogens with one attached hydrogen (secondary N) is 1. The third-order valence-electron chi connectivity index (χ3n) is 2.53. The van der Waals surface area contributed by atoms with Gasteiger partial charge in [-0.25, -0.2) is 0 Å². The molecule has 2 rings (SSSR count). The number of allylic oxidation sites excluding steroid dienone is 1. The molecule has 0 radical (unpaired) electrons. The second-order valence-electron chi connectivity index (χ2n) is 3.88. The summed E-state index contributed by atoms with van der Waals surface area (Å²) in [7, 11) is 0. The van der Waals surface area contributed by atoms with Crippen molar-refractivity contribution in [1.29, 1.82) is 0 Å². The Kier molecular flexibility index (Phi) is 4.18. The summed E-state index contributed by atoms with van der Waals surface area (Å²) in [6.07, 6.45) is 5.97. The summed E-state index contributed by atoms with van der Waals surface area (Å²) in [6, 6.07) is 9.16. The van der Waals surface area contributed by atoms with E-state index in [4.69, 9.17) is 0 Å². The van der Waals surface area contributed by atoms with Gasteiger partial charge in [-0.2, -0.15) is 0 Å². The molecule has 0 atom stereocenters. The predicted octanol–water partition coefficient (Wildman–Crippen LogP) is 2.80. The van der Waals surface area contributed by atoms with E-state index >= 15 is 0 Å². The Morgan fingerprint density at radius 2 is 1.80 bits per heavy atom. The number of aromatic nitrogens is 1. The number of non-ortho nitro benzene ring substituents is 1. The molecule has 20 heavy (non-hydrogen) atoms. The number of pyridine rings is 1. The summed E-state index contributed by atoms with van der Waals surface area (Å²) in [4.78, 5) is 25.6. The number of carbonyl (C=O) groups excluding carboxylic acids is 1. The van der Waals surface area contributed by atoms with Crippen LogP contribution in [0.5, 0.6) is 0 Å². The maximum atomic E-state index is 11.7. The van der Waals surface area contributed by atoms with E-state index < -0.39 is 4.92 Å². The lowest BCUT2D eigenvalue weighted by Crippen LogP contribution is -1.96. The van der Waals surface area contributed by atoms with Gasteiger partial charge < -0.3 is 5.32 Å². The number of hydrogen-bond donors (Lipinski definition) is 1. The number of rotatable bonds is 5. The number of hydrogen-bond acceptors (Lipinski definition) is 5. The number of anilines is 1. The summed E-state index contributed by atoms with van der Waals surface area (Å²) < 4.78 is 0. The fraction of sp³-hybridized carbons (Fsp3) is 0. The van der Waals surface area contributed by atoms with Gasteiger partial charge in [-0.3, -0.25) is 19.9 Å². The van der Waals surface area contributed by atoms with Gasteiger partial charge in [0.05, 0.1) is 4.92 Å². The minimum absolute atomic E-state index is 0.0207. The highest BCUT2D eigenvalue weighted by atomic mass is 16.6. The maximum absolute atomic E-state index is 11.7. The molecule has 0 bridgehead atoms. The zero-order valence-electron chi connectivity index (χ0n) is 10.4. The standard InChI is InChI=1S/C14H11N3O3/c18-14(11-5-8-15-9-6-11)7-10-16-12-1-3-13(4-2-12)17(19)20/h1-10,16H/b10-7-. The van der Waals surface area contributed by atoms with Gasteiger partial charge in [0, 0.05) is 48.1 Å². The van der Waals surface area contributed by atoms with Crippen LogP contribution in [0.1, 0.15) is 10.4 Å². The number of benzene rings is 1. The summed E-state index contributed by atoms with van der Waals surface area (Å²) in [6.45, 7) is 0. The molecule has 1 aromatic carbocycles. The van der Waals surface area contributed by atoms with Crippen molar-refractivity contribution in [3.63, 3.8) is 0 Å². The van der Waals surface area contributed by atoms with Crippen molar-refractivity contribution in [2.75, 3.05) is 5.32 Å². The van der Waals surface area contributed by atoms with Gasteiger partial charge in [0.1, 0.15) is 0 Å². The Morgan fingerprint density at radius 3 is 2.40 bits per heavy atom. The molecular weight excluding hydrogens is 258 g/mol. The molecule has 0 aliphatic heterocycles. The van der Waals surface area contributed by atoms with Crippen LogP contribution < -0.4 is 5.32 Å².